The number of carbonyl (C=O) groups excluding carboxylic acids is 1. The van der Waals surface area contributed by atoms with Crippen LogP contribution < -0.4 is 5.32 Å². The molecular formula is C18H14ClNO2. The molecule has 0 unspecified atom stereocenters. The minimum absolute atomic E-state index is 0.114. The molecule has 3 nitrogen and oxygen atoms in total. The van der Waals surface area contributed by atoms with Gasteiger partial charge in [0.05, 0.1) is 5.69 Å². The van der Waals surface area contributed by atoms with Gasteiger partial charge in [-0.3, -0.25) is 4.79 Å². The minimum atomic E-state index is -0.114. The third-order valence-electron chi connectivity index (χ3n) is 3.24. The molecule has 0 saturated heterocycles. The number of amides is 1. The third kappa shape index (κ3) is 3.05. The molecule has 3 rings (SSSR count). The molecule has 22 heavy (non-hydrogen) atoms. The maximum atomic E-state index is 11.3. The van der Waals surface area contributed by atoms with Gasteiger partial charge in [0.2, 0.25) is 5.91 Å². The molecule has 1 aromatic heterocycles. The van der Waals surface area contributed by atoms with Gasteiger partial charge in [0.1, 0.15) is 11.5 Å². The van der Waals surface area contributed by atoms with E-state index in [2.05, 4.69) is 5.32 Å². The second-order valence-electron chi connectivity index (χ2n) is 4.90. The molecule has 1 N–H and O–H groups in total. The van der Waals surface area contributed by atoms with E-state index >= 15 is 0 Å². The van der Waals surface area contributed by atoms with E-state index in [0.29, 0.717) is 10.8 Å². The maximum absolute atomic E-state index is 11.3. The second-order valence-corrected chi connectivity index (χ2v) is 5.33. The molecule has 0 spiro atoms. The van der Waals surface area contributed by atoms with Gasteiger partial charge in [-0.05, 0) is 48.5 Å². The van der Waals surface area contributed by atoms with Gasteiger partial charge in [0, 0.05) is 23.1 Å². The van der Waals surface area contributed by atoms with Crippen LogP contribution in [0.4, 0.5) is 5.69 Å². The first-order valence-electron chi connectivity index (χ1n) is 6.86. The van der Waals surface area contributed by atoms with Crippen molar-refractivity contribution in [1.29, 1.82) is 0 Å². The lowest BCUT2D eigenvalue weighted by Crippen LogP contribution is -2.06. The quantitative estimate of drug-likeness (QED) is 0.720. The van der Waals surface area contributed by atoms with Crippen molar-refractivity contribution in [2.24, 2.45) is 0 Å². The van der Waals surface area contributed by atoms with Gasteiger partial charge in [-0.25, -0.2) is 0 Å². The summed E-state index contributed by atoms with van der Waals surface area (Å²) in [6, 6.07) is 18.8. The number of para-hydroxylation sites is 1. The molecule has 0 bridgehead atoms. The standard InChI is InChI=1S/C18H14ClNO2/c1-12(21)20-16-5-3-2-4-15(16)18-11-10-17(22-18)13-6-8-14(19)9-7-13/h2-11H,1H3,(H,20,21). The van der Waals surface area contributed by atoms with Crippen molar-refractivity contribution in [3.05, 3.63) is 65.7 Å². The summed E-state index contributed by atoms with van der Waals surface area (Å²) in [4.78, 5) is 11.3. The van der Waals surface area contributed by atoms with Crippen LogP contribution in [-0.2, 0) is 4.79 Å². The molecule has 0 aliphatic carbocycles. The topological polar surface area (TPSA) is 42.2 Å². The van der Waals surface area contributed by atoms with Crippen molar-refractivity contribution < 1.29 is 9.21 Å². The van der Waals surface area contributed by atoms with E-state index < -0.39 is 0 Å². The summed E-state index contributed by atoms with van der Waals surface area (Å²) in [7, 11) is 0. The number of carbonyl (C=O) groups is 1. The Morgan fingerprint density at radius 3 is 2.36 bits per heavy atom. The molecule has 3 aromatic rings. The van der Waals surface area contributed by atoms with E-state index in [4.69, 9.17) is 16.0 Å². The van der Waals surface area contributed by atoms with E-state index in [1.54, 1.807) is 0 Å². The highest BCUT2D eigenvalue weighted by Gasteiger charge is 2.11. The van der Waals surface area contributed by atoms with Crippen LogP contribution in [0.15, 0.2) is 65.1 Å². The summed E-state index contributed by atoms with van der Waals surface area (Å²) >= 11 is 5.90. The minimum Gasteiger partial charge on any atom is -0.456 e. The van der Waals surface area contributed by atoms with E-state index in [1.807, 2.05) is 60.7 Å². The molecule has 2 aromatic carbocycles. The summed E-state index contributed by atoms with van der Waals surface area (Å²) in [5.74, 6) is 1.34. The van der Waals surface area contributed by atoms with Crippen LogP contribution in [0.25, 0.3) is 22.6 Å². The Kier molecular flexibility index (Phi) is 3.98. The molecule has 0 fully saturated rings. The lowest BCUT2D eigenvalue weighted by molar-refractivity contribution is -0.114. The summed E-state index contributed by atoms with van der Waals surface area (Å²) in [5.41, 5.74) is 2.53. The number of hydrogen-bond donors (Lipinski definition) is 1. The Morgan fingerprint density at radius 2 is 1.64 bits per heavy atom. The Hall–Kier alpha value is -2.52. The zero-order chi connectivity index (χ0) is 15.5. The Bertz CT molecular complexity index is 806. The Balaban J connectivity index is 1.97. The third-order valence-corrected chi connectivity index (χ3v) is 3.49. The van der Waals surface area contributed by atoms with Crippen molar-refractivity contribution in [2.45, 2.75) is 6.92 Å². The fourth-order valence-corrected chi connectivity index (χ4v) is 2.37. The molecule has 1 heterocycles. The molecule has 0 aliphatic heterocycles. The van der Waals surface area contributed by atoms with Gasteiger partial charge in [-0.1, -0.05) is 23.7 Å². The van der Waals surface area contributed by atoms with Crippen molar-refractivity contribution in [1.82, 2.24) is 0 Å². The van der Waals surface area contributed by atoms with Crippen LogP contribution in [0.3, 0.4) is 0 Å². The predicted molar refractivity (Wildman–Crippen MR) is 88.9 cm³/mol. The highest BCUT2D eigenvalue weighted by molar-refractivity contribution is 6.30. The number of anilines is 1. The number of furan rings is 1. The lowest BCUT2D eigenvalue weighted by atomic mass is 10.1. The lowest BCUT2D eigenvalue weighted by Gasteiger charge is -2.07. The molecular weight excluding hydrogens is 298 g/mol. The molecule has 1 amide bonds. The van der Waals surface area contributed by atoms with Gasteiger partial charge < -0.3 is 9.73 Å². The zero-order valence-corrected chi connectivity index (χ0v) is 12.7. The summed E-state index contributed by atoms with van der Waals surface area (Å²) < 4.78 is 5.92. The molecule has 110 valence electrons. The maximum Gasteiger partial charge on any atom is 0.221 e. The largest absolute Gasteiger partial charge is 0.456 e. The first-order valence-corrected chi connectivity index (χ1v) is 7.24. The Labute approximate surface area is 133 Å². The fourth-order valence-electron chi connectivity index (χ4n) is 2.25. The highest BCUT2D eigenvalue weighted by Crippen LogP contribution is 2.33. The average Bonchev–Trinajstić information content (AvgIpc) is 2.97. The van der Waals surface area contributed by atoms with E-state index in [9.17, 15) is 4.79 Å². The number of halogens is 1. The molecule has 0 aliphatic rings. The first-order chi connectivity index (χ1) is 10.6. The monoisotopic (exact) mass is 311 g/mol. The van der Waals surface area contributed by atoms with Crippen molar-refractivity contribution >= 4 is 23.2 Å². The molecule has 0 atom stereocenters. The predicted octanol–water partition coefficient (Wildman–Crippen LogP) is 5.23. The molecule has 0 saturated carbocycles. The van der Waals surface area contributed by atoms with Crippen LogP contribution in [-0.4, -0.2) is 5.91 Å². The summed E-state index contributed by atoms with van der Waals surface area (Å²) in [6.07, 6.45) is 0. The van der Waals surface area contributed by atoms with Crippen molar-refractivity contribution in [3.8, 4) is 22.6 Å². The Morgan fingerprint density at radius 1 is 0.955 bits per heavy atom. The van der Waals surface area contributed by atoms with Crippen LogP contribution in [0.5, 0.6) is 0 Å². The van der Waals surface area contributed by atoms with E-state index in [0.717, 1.165) is 22.6 Å². The zero-order valence-electron chi connectivity index (χ0n) is 12.0. The van der Waals surface area contributed by atoms with E-state index in [1.165, 1.54) is 6.92 Å². The number of benzene rings is 2. The van der Waals surface area contributed by atoms with Gasteiger partial charge in [-0.2, -0.15) is 0 Å². The number of rotatable bonds is 3. The highest BCUT2D eigenvalue weighted by atomic mass is 35.5. The van der Waals surface area contributed by atoms with E-state index in [-0.39, 0.29) is 5.91 Å². The SMILES string of the molecule is CC(=O)Nc1ccccc1-c1ccc(-c2ccc(Cl)cc2)o1. The first kappa shape index (κ1) is 14.4. The van der Waals surface area contributed by atoms with Crippen LogP contribution in [0.1, 0.15) is 6.92 Å². The van der Waals surface area contributed by atoms with Gasteiger partial charge in [-0.15, -0.1) is 0 Å². The van der Waals surface area contributed by atoms with Crippen LogP contribution in [0.2, 0.25) is 5.02 Å². The smallest absolute Gasteiger partial charge is 0.221 e. The van der Waals surface area contributed by atoms with Crippen LogP contribution in [0, 0.1) is 0 Å². The van der Waals surface area contributed by atoms with Gasteiger partial charge in [0.25, 0.3) is 0 Å². The fraction of sp³-hybridized carbons (Fsp3) is 0.0556. The van der Waals surface area contributed by atoms with Gasteiger partial charge in [0.15, 0.2) is 0 Å². The second kappa shape index (κ2) is 6.08. The summed E-state index contributed by atoms with van der Waals surface area (Å²) in [6.45, 7) is 1.48. The molecule has 0 radical (unpaired) electrons. The normalized spacial score (nSPS) is 10.5. The van der Waals surface area contributed by atoms with Gasteiger partial charge >= 0.3 is 0 Å². The number of hydrogen-bond acceptors (Lipinski definition) is 2. The average molecular weight is 312 g/mol. The van der Waals surface area contributed by atoms with Crippen LogP contribution >= 0.6 is 11.6 Å². The number of nitrogens with one attached hydrogen (secondary N) is 1. The van der Waals surface area contributed by atoms with Crippen molar-refractivity contribution in [3.63, 3.8) is 0 Å². The van der Waals surface area contributed by atoms with Crippen molar-refractivity contribution in [2.75, 3.05) is 5.32 Å². The molecule has 4 heteroatoms. The summed E-state index contributed by atoms with van der Waals surface area (Å²) in [5, 5.41) is 3.50.